The molecule has 0 aliphatic carbocycles. The molecule has 0 aliphatic heterocycles. The number of hydrogen-bond donors (Lipinski definition) is 1. The Hall–Kier alpha value is -0.380. The zero-order chi connectivity index (χ0) is 9.03. The zero-order valence-electron chi connectivity index (χ0n) is 7.41. The van der Waals surface area contributed by atoms with Crippen LogP contribution in [0, 0.1) is 0 Å². The van der Waals surface area contributed by atoms with E-state index in [1.165, 1.54) is 0 Å². The van der Waals surface area contributed by atoms with E-state index in [2.05, 4.69) is 0 Å². The molecule has 1 unspecified atom stereocenters. The number of hydrogen-bond acceptors (Lipinski definition) is 3. The van der Waals surface area contributed by atoms with Crippen molar-refractivity contribution >= 4 is 11.3 Å². The van der Waals surface area contributed by atoms with Gasteiger partial charge in [0.2, 0.25) is 0 Å². The molecule has 1 heterocycles. The Kier molecular flexibility index (Phi) is 3.26. The summed E-state index contributed by atoms with van der Waals surface area (Å²) in [6.07, 6.45) is 0. The van der Waals surface area contributed by atoms with Crippen LogP contribution in [0.2, 0.25) is 0 Å². The molecule has 68 valence electrons. The number of aliphatic hydroxyl groups is 1. The van der Waals surface area contributed by atoms with Crippen LogP contribution in [-0.4, -0.2) is 18.3 Å². The van der Waals surface area contributed by atoms with Gasteiger partial charge >= 0.3 is 0 Å². The molecule has 0 fully saturated rings. The van der Waals surface area contributed by atoms with E-state index in [9.17, 15) is 5.11 Å². The molecule has 1 aromatic rings. The van der Waals surface area contributed by atoms with E-state index in [0.717, 1.165) is 5.56 Å². The SMILES string of the molecule is CCOCC(C)(O)c1ccsc1. The second-order valence-corrected chi connectivity index (χ2v) is 3.70. The number of ether oxygens (including phenoxy) is 1. The molecule has 1 rings (SSSR count). The van der Waals surface area contributed by atoms with Crippen LogP contribution < -0.4 is 0 Å². The van der Waals surface area contributed by atoms with Gasteiger partial charge in [0.1, 0.15) is 5.60 Å². The van der Waals surface area contributed by atoms with E-state index in [1.807, 2.05) is 23.8 Å². The Bertz CT molecular complexity index is 216. The predicted octanol–water partition coefficient (Wildman–Crippen LogP) is 1.99. The molecule has 0 aliphatic rings. The monoisotopic (exact) mass is 186 g/mol. The summed E-state index contributed by atoms with van der Waals surface area (Å²) in [6.45, 7) is 4.69. The van der Waals surface area contributed by atoms with Gasteiger partial charge in [-0.2, -0.15) is 11.3 Å². The van der Waals surface area contributed by atoms with Gasteiger partial charge in [0.05, 0.1) is 6.61 Å². The highest BCUT2D eigenvalue weighted by Gasteiger charge is 2.23. The van der Waals surface area contributed by atoms with Gasteiger partial charge < -0.3 is 9.84 Å². The highest BCUT2D eigenvalue weighted by Crippen LogP contribution is 2.22. The summed E-state index contributed by atoms with van der Waals surface area (Å²) >= 11 is 1.58. The lowest BCUT2D eigenvalue weighted by Crippen LogP contribution is -2.27. The summed E-state index contributed by atoms with van der Waals surface area (Å²) in [4.78, 5) is 0. The normalized spacial score (nSPS) is 15.9. The van der Waals surface area contributed by atoms with Crippen LogP contribution in [0.1, 0.15) is 19.4 Å². The van der Waals surface area contributed by atoms with Crippen molar-refractivity contribution in [3.63, 3.8) is 0 Å². The van der Waals surface area contributed by atoms with Crippen LogP contribution in [0.15, 0.2) is 16.8 Å². The lowest BCUT2D eigenvalue weighted by Gasteiger charge is -2.21. The third-order valence-electron chi connectivity index (χ3n) is 1.73. The van der Waals surface area contributed by atoms with E-state index in [4.69, 9.17) is 4.74 Å². The molecule has 3 heteroatoms. The number of rotatable bonds is 4. The third kappa shape index (κ3) is 2.30. The molecule has 1 aromatic heterocycles. The summed E-state index contributed by atoms with van der Waals surface area (Å²) in [7, 11) is 0. The Labute approximate surface area is 76.8 Å². The van der Waals surface area contributed by atoms with Crippen molar-refractivity contribution in [3.8, 4) is 0 Å². The zero-order valence-corrected chi connectivity index (χ0v) is 8.23. The van der Waals surface area contributed by atoms with Gasteiger partial charge in [-0.15, -0.1) is 0 Å². The van der Waals surface area contributed by atoms with Crippen molar-refractivity contribution in [1.29, 1.82) is 0 Å². The Morgan fingerprint density at radius 1 is 1.67 bits per heavy atom. The first-order valence-electron chi connectivity index (χ1n) is 3.99. The standard InChI is InChI=1S/C9H14O2S/c1-3-11-7-9(2,10)8-4-5-12-6-8/h4-6,10H,3,7H2,1-2H3. The van der Waals surface area contributed by atoms with Gasteiger partial charge in [0.15, 0.2) is 0 Å². The van der Waals surface area contributed by atoms with Gasteiger partial charge in [-0.05, 0) is 36.2 Å². The van der Waals surface area contributed by atoms with Crippen LogP contribution in [0.4, 0.5) is 0 Å². The minimum absolute atomic E-state index is 0.361. The minimum atomic E-state index is -0.837. The van der Waals surface area contributed by atoms with Gasteiger partial charge in [-0.3, -0.25) is 0 Å². The molecule has 0 radical (unpaired) electrons. The maximum absolute atomic E-state index is 9.89. The maximum Gasteiger partial charge on any atom is 0.111 e. The van der Waals surface area contributed by atoms with Crippen molar-refractivity contribution in [2.45, 2.75) is 19.4 Å². The van der Waals surface area contributed by atoms with Gasteiger partial charge in [0.25, 0.3) is 0 Å². The summed E-state index contributed by atoms with van der Waals surface area (Å²) in [5, 5.41) is 13.8. The molecule has 0 saturated heterocycles. The topological polar surface area (TPSA) is 29.5 Å². The fourth-order valence-electron chi connectivity index (χ4n) is 0.955. The molecule has 0 aromatic carbocycles. The molecule has 0 bridgehead atoms. The summed E-state index contributed by atoms with van der Waals surface area (Å²) in [6, 6.07) is 1.92. The lowest BCUT2D eigenvalue weighted by atomic mass is 10.0. The Balaban J connectivity index is 2.59. The second kappa shape index (κ2) is 4.03. The highest BCUT2D eigenvalue weighted by atomic mass is 32.1. The Morgan fingerprint density at radius 3 is 2.92 bits per heavy atom. The number of thiophene rings is 1. The molecule has 2 nitrogen and oxygen atoms in total. The van der Waals surface area contributed by atoms with E-state index in [0.29, 0.717) is 13.2 Å². The molecule has 0 amide bonds. The first kappa shape index (κ1) is 9.71. The quantitative estimate of drug-likeness (QED) is 0.779. The molecule has 0 spiro atoms. The molecule has 1 atom stereocenters. The van der Waals surface area contributed by atoms with E-state index >= 15 is 0 Å². The minimum Gasteiger partial charge on any atom is -0.383 e. The van der Waals surface area contributed by atoms with Crippen LogP contribution in [0.25, 0.3) is 0 Å². The average molecular weight is 186 g/mol. The molecular weight excluding hydrogens is 172 g/mol. The highest BCUT2D eigenvalue weighted by molar-refractivity contribution is 7.08. The van der Waals surface area contributed by atoms with E-state index in [1.54, 1.807) is 18.3 Å². The summed E-state index contributed by atoms with van der Waals surface area (Å²) in [5.74, 6) is 0. The van der Waals surface area contributed by atoms with Crippen molar-refractivity contribution < 1.29 is 9.84 Å². The first-order chi connectivity index (χ1) is 5.67. The first-order valence-corrected chi connectivity index (χ1v) is 4.94. The fourth-order valence-corrected chi connectivity index (χ4v) is 1.74. The van der Waals surface area contributed by atoms with Crippen molar-refractivity contribution in [3.05, 3.63) is 22.4 Å². The molecule has 12 heavy (non-hydrogen) atoms. The Morgan fingerprint density at radius 2 is 2.42 bits per heavy atom. The van der Waals surface area contributed by atoms with E-state index < -0.39 is 5.60 Å². The van der Waals surface area contributed by atoms with Crippen LogP contribution in [0.3, 0.4) is 0 Å². The largest absolute Gasteiger partial charge is 0.383 e. The third-order valence-corrected chi connectivity index (χ3v) is 2.41. The van der Waals surface area contributed by atoms with Gasteiger partial charge in [-0.1, -0.05) is 0 Å². The average Bonchev–Trinajstić information content (AvgIpc) is 2.53. The van der Waals surface area contributed by atoms with Gasteiger partial charge in [0, 0.05) is 6.61 Å². The molecular formula is C9H14O2S. The summed E-state index contributed by atoms with van der Waals surface area (Å²) < 4.78 is 5.18. The smallest absolute Gasteiger partial charge is 0.111 e. The maximum atomic E-state index is 9.89. The van der Waals surface area contributed by atoms with E-state index in [-0.39, 0.29) is 0 Å². The predicted molar refractivity (Wildman–Crippen MR) is 50.4 cm³/mol. The van der Waals surface area contributed by atoms with Crippen LogP contribution in [0.5, 0.6) is 0 Å². The van der Waals surface area contributed by atoms with Crippen LogP contribution in [-0.2, 0) is 10.3 Å². The summed E-state index contributed by atoms with van der Waals surface area (Å²) in [5.41, 5.74) is 0.0941. The van der Waals surface area contributed by atoms with Crippen molar-refractivity contribution in [2.24, 2.45) is 0 Å². The van der Waals surface area contributed by atoms with Gasteiger partial charge in [-0.25, -0.2) is 0 Å². The fraction of sp³-hybridized carbons (Fsp3) is 0.556. The lowest BCUT2D eigenvalue weighted by molar-refractivity contribution is -0.0340. The molecule has 1 N–H and O–H groups in total. The van der Waals surface area contributed by atoms with Crippen molar-refractivity contribution in [1.82, 2.24) is 0 Å². The second-order valence-electron chi connectivity index (χ2n) is 2.92. The molecule has 0 saturated carbocycles. The van der Waals surface area contributed by atoms with Crippen LogP contribution >= 0.6 is 11.3 Å². The van der Waals surface area contributed by atoms with Crippen molar-refractivity contribution in [2.75, 3.05) is 13.2 Å².